The van der Waals surface area contributed by atoms with Gasteiger partial charge in [-0.05, 0) is 55.0 Å². The first-order valence-electron chi connectivity index (χ1n) is 14.3. The van der Waals surface area contributed by atoms with E-state index in [-0.39, 0.29) is 49.6 Å². The van der Waals surface area contributed by atoms with Crippen molar-refractivity contribution >= 4 is 17.7 Å². The molecule has 0 radical (unpaired) electrons. The fourth-order valence-electron chi connectivity index (χ4n) is 5.23. The first-order chi connectivity index (χ1) is 21.4. The number of hydrogen-bond acceptors (Lipinski definition) is 8. The smallest absolute Gasteiger partial charge is 0.258 e. The predicted molar refractivity (Wildman–Crippen MR) is 159 cm³/mol. The molecule has 0 spiro atoms. The third-order valence-corrected chi connectivity index (χ3v) is 7.65. The molecule has 1 aromatic heterocycles. The van der Waals surface area contributed by atoms with Crippen molar-refractivity contribution in [3.05, 3.63) is 95.4 Å². The molecule has 3 aliphatic rings. The standard InChI is InChI=1S/C33H32N4O7/c1-20-25(36-33(43-20)22-6-4-3-5-7-22)15-31(39)37-17-26-29(18-37)44-24-11-8-21(9-12-24)16-34-30(38)19-42-28-14-23(32(40)35-26)10-13-27(28)41-2/h3-14,26,29H,15-19H2,1-2H3,(H,34,38)(H,35,40)/t26-,29-/m0/s1. The highest BCUT2D eigenvalue weighted by molar-refractivity contribution is 5.95. The lowest BCUT2D eigenvalue weighted by molar-refractivity contribution is -0.129. The van der Waals surface area contributed by atoms with Gasteiger partial charge in [-0.25, -0.2) is 4.98 Å². The number of fused-ring (bicyclic) bond motifs is 7. The van der Waals surface area contributed by atoms with Crippen LogP contribution in [0.3, 0.4) is 0 Å². The zero-order valence-electron chi connectivity index (χ0n) is 24.4. The molecule has 0 aliphatic carbocycles. The van der Waals surface area contributed by atoms with Crippen LogP contribution < -0.4 is 24.8 Å². The van der Waals surface area contributed by atoms with Crippen LogP contribution in [-0.2, 0) is 22.6 Å². The van der Waals surface area contributed by atoms with E-state index in [4.69, 9.17) is 18.6 Å². The fourth-order valence-corrected chi connectivity index (χ4v) is 5.23. The van der Waals surface area contributed by atoms with E-state index in [0.29, 0.717) is 41.0 Å². The van der Waals surface area contributed by atoms with E-state index in [0.717, 1.165) is 11.1 Å². The lowest BCUT2D eigenvalue weighted by Gasteiger charge is -2.21. The summed E-state index contributed by atoms with van der Waals surface area (Å²) < 4.78 is 23.2. The zero-order chi connectivity index (χ0) is 30.6. The molecule has 11 heteroatoms. The minimum absolute atomic E-state index is 0.0507. The summed E-state index contributed by atoms with van der Waals surface area (Å²) in [6.45, 7) is 2.36. The number of carbonyl (C=O) groups is 3. The summed E-state index contributed by atoms with van der Waals surface area (Å²) in [5, 5.41) is 5.85. The van der Waals surface area contributed by atoms with Crippen LogP contribution in [0.1, 0.15) is 27.4 Å². The van der Waals surface area contributed by atoms with Crippen molar-refractivity contribution in [3.8, 4) is 28.7 Å². The maximum atomic E-state index is 13.5. The highest BCUT2D eigenvalue weighted by Gasteiger charge is 2.38. The average molecular weight is 597 g/mol. The summed E-state index contributed by atoms with van der Waals surface area (Å²) in [6, 6.07) is 21.1. The first-order valence-corrected chi connectivity index (χ1v) is 14.3. The molecule has 7 rings (SSSR count). The number of hydrogen-bond donors (Lipinski definition) is 2. The summed E-state index contributed by atoms with van der Waals surface area (Å²) in [4.78, 5) is 45.6. The summed E-state index contributed by atoms with van der Waals surface area (Å²) >= 11 is 0. The Bertz CT molecular complexity index is 1670. The summed E-state index contributed by atoms with van der Waals surface area (Å²) in [5.41, 5.74) is 2.58. The SMILES string of the molecule is COc1ccc2cc1OCC(=O)NCc1ccc(cc1)O[C@H]1CN(C(=O)Cc3nc(-c4ccccc4)oc3C)C[C@@H]1NC2=O. The molecule has 3 aliphatic heterocycles. The van der Waals surface area contributed by atoms with Gasteiger partial charge in [0.25, 0.3) is 11.8 Å². The Morgan fingerprint density at radius 3 is 2.59 bits per heavy atom. The number of nitrogens with one attached hydrogen (secondary N) is 2. The molecule has 3 aromatic carbocycles. The molecule has 0 saturated carbocycles. The zero-order valence-corrected chi connectivity index (χ0v) is 24.4. The molecule has 3 amide bonds. The van der Waals surface area contributed by atoms with Gasteiger partial charge in [0.05, 0.1) is 31.8 Å². The van der Waals surface area contributed by atoms with Gasteiger partial charge in [-0.1, -0.05) is 30.3 Å². The van der Waals surface area contributed by atoms with E-state index in [9.17, 15) is 14.4 Å². The van der Waals surface area contributed by atoms with Gasteiger partial charge in [0.15, 0.2) is 18.1 Å². The van der Waals surface area contributed by atoms with Gasteiger partial charge in [-0.15, -0.1) is 0 Å². The van der Waals surface area contributed by atoms with Crippen molar-refractivity contribution in [1.29, 1.82) is 0 Å². The molecule has 4 aromatic rings. The summed E-state index contributed by atoms with van der Waals surface area (Å²) in [7, 11) is 1.48. The summed E-state index contributed by atoms with van der Waals surface area (Å²) in [5.74, 6) is 1.42. The average Bonchev–Trinajstić information content (AvgIpc) is 3.61. The molecule has 1 fully saturated rings. The molecule has 4 heterocycles. The van der Waals surface area contributed by atoms with Crippen LogP contribution in [0.2, 0.25) is 0 Å². The topological polar surface area (TPSA) is 132 Å². The van der Waals surface area contributed by atoms with Crippen molar-refractivity contribution < 1.29 is 33.0 Å². The Kier molecular flexibility index (Phi) is 8.18. The maximum Gasteiger partial charge on any atom is 0.258 e. The minimum Gasteiger partial charge on any atom is -0.493 e. The van der Waals surface area contributed by atoms with Crippen molar-refractivity contribution in [2.24, 2.45) is 0 Å². The first kappa shape index (κ1) is 28.8. The van der Waals surface area contributed by atoms with E-state index in [2.05, 4.69) is 15.6 Å². The number of aryl methyl sites for hydroxylation is 1. The number of methoxy groups -OCH3 is 1. The Hall–Kier alpha value is -5.32. The number of ether oxygens (including phenoxy) is 3. The Labute approximate surface area is 254 Å². The molecule has 2 N–H and O–H groups in total. The van der Waals surface area contributed by atoms with Crippen molar-refractivity contribution in [3.63, 3.8) is 0 Å². The number of aromatic nitrogens is 1. The highest BCUT2D eigenvalue weighted by atomic mass is 16.5. The van der Waals surface area contributed by atoms with Crippen LogP contribution in [0, 0.1) is 6.92 Å². The molecule has 226 valence electrons. The minimum atomic E-state index is -0.517. The van der Waals surface area contributed by atoms with E-state index in [1.165, 1.54) is 13.2 Å². The predicted octanol–water partition coefficient (Wildman–Crippen LogP) is 3.30. The number of carbonyl (C=O) groups excluding carboxylic acids is 3. The number of benzene rings is 3. The van der Waals surface area contributed by atoms with Crippen LogP contribution in [0.25, 0.3) is 11.5 Å². The van der Waals surface area contributed by atoms with E-state index < -0.39 is 12.1 Å². The molecule has 11 nitrogen and oxygen atoms in total. The largest absolute Gasteiger partial charge is 0.493 e. The Morgan fingerprint density at radius 2 is 1.82 bits per heavy atom. The second-order valence-corrected chi connectivity index (χ2v) is 10.7. The molecular weight excluding hydrogens is 564 g/mol. The van der Waals surface area contributed by atoms with Crippen LogP contribution in [0.5, 0.6) is 17.2 Å². The van der Waals surface area contributed by atoms with Gasteiger partial charge in [-0.3, -0.25) is 14.4 Å². The quantitative estimate of drug-likeness (QED) is 0.367. The van der Waals surface area contributed by atoms with Gasteiger partial charge in [0.2, 0.25) is 11.8 Å². The van der Waals surface area contributed by atoms with Crippen LogP contribution in [0.15, 0.2) is 77.2 Å². The summed E-state index contributed by atoms with van der Waals surface area (Å²) in [6.07, 6.45) is -0.466. The second-order valence-electron chi connectivity index (χ2n) is 10.7. The Morgan fingerprint density at radius 1 is 1.02 bits per heavy atom. The third-order valence-electron chi connectivity index (χ3n) is 7.65. The number of amides is 3. The van der Waals surface area contributed by atoms with Crippen LogP contribution in [-0.4, -0.2) is 66.6 Å². The highest BCUT2D eigenvalue weighted by Crippen LogP contribution is 2.29. The molecule has 1 saturated heterocycles. The monoisotopic (exact) mass is 596 g/mol. The Balaban J connectivity index is 1.24. The van der Waals surface area contributed by atoms with Gasteiger partial charge >= 0.3 is 0 Å². The van der Waals surface area contributed by atoms with E-state index in [1.54, 1.807) is 36.1 Å². The number of nitrogens with zero attached hydrogens (tertiary/aromatic N) is 2. The molecule has 4 bridgehead atoms. The lowest BCUT2D eigenvalue weighted by Crippen LogP contribution is -2.45. The fraction of sp³-hybridized carbons (Fsp3) is 0.273. The molecule has 0 unspecified atom stereocenters. The number of rotatable bonds is 4. The molecular formula is C33H32N4O7. The van der Waals surface area contributed by atoms with Gasteiger partial charge < -0.3 is 34.2 Å². The van der Waals surface area contributed by atoms with Crippen molar-refractivity contribution in [1.82, 2.24) is 20.5 Å². The van der Waals surface area contributed by atoms with Gasteiger partial charge in [-0.2, -0.15) is 0 Å². The van der Waals surface area contributed by atoms with Gasteiger partial charge in [0, 0.05) is 24.2 Å². The number of oxazole rings is 1. The third kappa shape index (κ3) is 6.36. The molecule has 2 atom stereocenters. The maximum absolute atomic E-state index is 13.5. The van der Waals surface area contributed by atoms with E-state index >= 15 is 0 Å². The van der Waals surface area contributed by atoms with Crippen LogP contribution in [0.4, 0.5) is 0 Å². The van der Waals surface area contributed by atoms with Crippen LogP contribution >= 0.6 is 0 Å². The van der Waals surface area contributed by atoms with Crippen molar-refractivity contribution in [2.45, 2.75) is 32.0 Å². The van der Waals surface area contributed by atoms with E-state index in [1.807, 2.05) is 42.5 Å². The normalized spacial score (nSPS) is 18.4. The van der Waals surface area contributed by atoms with Gasteiger partial charge in [0.1, 0.15) is 17.6 Å². The number of likely N-dealkylation sites (tertiary alicyclic amines) is 1. The second kappa shape index (κ2) is 12.5. The lowest BCUT2D eigenvalue weighted by atomic mass is 10.1. The van der Waals surface area contributed by atoms with Crippen molar-refractivity contribution in [2.75, 3.05) is 26.8 Å². The molecule has 44 heavy (non-hydrogen) atoms.